The Morgan fingerprint density at radius 1 is 1.27 bits per heavy atom. The summed E-state index contributed by atoms with van der Waals surface area (Å²) in [6.07, 6.45) is -0.649. The number of hydrogen-bond acceptors (Lipinski definition) is 3. The van der Waals surface area contributed by atoms with Gasteiger partial charge in [0.05, 0.1) is 6.20 Å². The first-order valence-corrected chi connectivity index (χ1v) is 9.34. The number of hydrogen-bond donors (Lipinski definition) is 0. The van der Waals surface area contributed by atoms with Crippen molar-refractivity contribution in [1.82, 2.24) is 9.78 Å². The first-order valence-electron chi connectivity index (χ1n) is 8.12. The fourth-order valence-corrected chi connectivity index (χ4v) is 3.03. The summed E-state index contributed by atoms with van der Waals surface area (Å²) in [7, 11) is 0. The van der Waals surface area contributed by atoms with Gasteiger partial charge in [0.1, 0.15) is 12.4 Å². The first-order chi connectivity index (χ1) is 12.1. The number of halogens is 4. The monoisotopic (exact) mass is 388 g/mol. The van der Waals surface area contributed by atoms with Crippen LogP contribution in [0.2, 0.25) is 0 Å². The van der Waals surface area contributed by atoms with Crippen molar-refractivity contribution in [2.75, 3.05) is 6.26 Å². The molecule has 0 saturated heterocycles. The largest absolute Gasteiger partial charge is 0.408 e. The molecule has 0 N–H and O–H groups in total. The summed E-state index contributed by atoms with van der Waals surface area (Å²) in [6.45, 7) is 2.48. The first kappa shape index (κ1) is 20.5. The molecule has 0 aliphatic carbocycles. The van der Waals surface area contributed by atoms with E-state index in [0.717, 1.165) is 0 Å². The summed E-state index contributed by atoms with van der Waals surface area (Å²) in [5, 5.41) is 3.66. The van der Waals surface area contributed by atoms with Crippen molar-refractivity contribution in [3.05, 3.63) is 46.1 Å². The molecule has 0 amide bonds. The van der Waals surface area contributed by atoms with Crippen LogP contribution in [0.15, 0.2) is 34.1 Å². The summed E-state index contributed by atoms with van der Waals surface area (Å²) in [5.41, 5.74) is 0.257. The lowest BCUT2D eigenvalue weighted by molar-refractivity contribution is -0.143. The van der Waals surface area contributed by atoms with Gasteiger partial charge in [-0.2, -0.15) is 18.3 Å². The number of thioether (sulfide) groups is 1. The standard InChI is InChI=1S/C18H20F4N2OS/c1-11(2)4-6-13-14(12-5-7-16(26-3)15(19)8-12)9-23-24(17(13)25)10-18(20,21)22/h5,7-9,11H,4,6,10H2,1-3H3. The van der Waals surface area contributed by atoms with Gasteiger partial charge in [-0.25, -0.2) is 9.07 Å². The molecule has 0 atom stereocenters. The van der Waals surface area contributed by atoms with Crippen LogP contribution < -0.4 is 5.56 Å². The summed E-state index contributed by atoms with van der Waals surface area (Å²) in [4.78, 5) is 13.0. The fourth-order valence-electron chi connectivity index (χ4n) is 2.57. The molecule has 2 rings (SSSR count). The second kappa shape index (κ2) is 8.24. The quantitative estimate of drug-likeness (QED) is 0.520. The lowest BCUT2D eigenvalue weighted by Crippen LogP contribution is -2.32. The molecule has 0 aliphatic rings. The molecule has 8 heteroatoms. The third-order valence-corrected chi connectivity index (χ3v) is 4.68. The Kier molecular flexibility index (Phi) is 6.49. The van der Waals surface area contributed by atoms with Gasteiger partial charge in [0.2, 0.25) is 0 Å². The number of benzene rings is 1. The van der Waals surface area contributed by atoms with Gasteiger partial charge >= 0.3 is 6.18 Å². The van der Waals surface area contributed by atoms with Crippen LogP contribution in [0.3, 0.4) is 0 Å². The van der Waals surface area contributed by atoms with Gasteiger partial charge in [-0.05, 0) is 42.7 Å². The zero-order valence-corrected chi connectivity index (χ0v) is 15.5. The van der Waals surface area contributed by atoms with Crippen LogP contribution >= 0.6 is 11.8 Å². The molecule has 1 aromatic carbocycles. The van der Waals surface area contributed by atoms with E-state index in [2.05, 4.69) is 5.10 Å². The topological polar surface area (TPSA) is 34.9 Å². The van der Waals surface area contributed by atoms with Crippen molar-refractivity contribution in [3.63, 3.8) is 0 Å². The molecular weight excluding hydrogens is 368 g/mol. The molecule has 0 aliphatic heterocycles. The van der Waals surface area contributed by atoms with Gasteiger partial charge in [-0.1, -0.05) is 19.9 Å². The second-order valence-corrected chi connectivity index (χ2v) is 7.24. The minimum Gasteiger partial charge on any atom is -0.267 e. The molecular formula is C18H20F4N2OS. The average molecular weight is 388 g/mol. The highest BCUT2D eigenvalue weighted by atomic mass is 32.2. The highest BCUT2D eigenvalue weighted by Gasteiger charge is 2.30. The Bertz CT molecular complexity index is 831. The van der Waals surface area contributed by atoms with Crippen molar-refractivity contribution in [3.8, 4) is 11.1 Å². The molecule has 0 fully saturated rings. The lowest BCUT2D eigenvalue weighted by Gasteiger charge is -2.15. The molecule has 142 valence electrons. The Labute approximate surface area is 153 Å². The van der Waals surface area contributed by atoms with Crippen LogP contribution in [0.1, 0.15) is 25.8 Å². The normalized spacial score (nSPS) is 12.0. The van der Waals surface area contributed by atoms with E-state index in [-0.39, 0.29) is 11.5 Å². The van der Waals surface area contributed by atoms with Gasteiger partial charge in [0.25, 0.3) is 5.56 Å². The van der Waals surface area contributed by atoms with Crippen molar-refractivity contribution in [1.29, 1.82) is 0 Å². The zero-order valence-electron chi connectivity index (χ0n) is 14.7. The average Bonchev–Trinajstić information content (AvgIpc) is 2.54. The van der Waals surface area contributed by atoms with Crippen molar-refractivity contribution < 1.29 is 17.6 Å². The van der Waals surface area contributed by atoms with E-state index in [1.807, 2.05) is 13.8 Å². The van der Waals surface area contributed by atoms with Crippen molar-refractivity contribution >= 4 is 11.8 Å². The fraction of sp³-hybridized carbons (Fsp3) is 0.444. The number of nitrogens with zero attached hydrogens (tertiary/aromatic N) is 2. The minimum absolute atomic E-state index is 0.231. The van der Waals surface area contributed by atoms with Gasteiger partial charge < -0.3 is 0 Å². The van der Waals surface area contributed by atoms with E-state index in [1.54, 1.807) is 18.4 Å². The summed E-state index contributed by atoms with van der Waals surface area (Å²) in [5.74, 6) is -0.175. The van der Waals surface area contributed by atoms with Crippen LogP contribution in [-0.4, -0.2) is 22.2 Å². The molecule has 0 unspecified atom stereocenters. The van der Waals surface area contributed by atoms with E-state index in [1.165, 1.54) is 24.0 Å². The summed E-state index contributed by atoms with van der Waals surface area (Å²) >= 11 is 1.25. The molecule has 1 aromatic heterocycles. The molecule has 0 radical (unpaired) electrons. The van der Waals surface area contributed by atoms with E-state index < -0.39 is 24.1 Å². The minimum atomic E-state index is -4.54. The second-order valence-electron chi connectivity index (χ2n) is 6.40. The molecule has 0 saturated carbocycles. The van der Waals surface area contributed by atoms with Crippen LogP contribution in [0.5, 0.6) is 0 Å². The van der Waals surface area contributed by atoms with E-state index in [4.69, 9.17) is 0 Å². The van der Waals surface area contributed by atoms with E-state index in [9.17, 15) is 22.4 Å². The van der Waals surface area contributed by atoms with Crippen LogP contribution in [-0.2, 0) is 13.0 Å². The van der Waals surface area contributed by atoms with E-state index >= 15 is 0 Å². The summed E-state index contributed by atoms with van der Waals surface area (Å²) in [6, 6.07) is 4.52. The highest BCUT2D eigenvalue weighted by molar-refractivity contribution is 7.98. The van der Waals surface area contributed by atoms with Crippen LogP contribution in [0, 0.1) is 11.7 Å². The third kappa shape index (κ3) is 5.09. The maximum Gasteiger partial charge on any atom is 0.408 e. The SMILES string of the molecule is CSc1ccc(-c2cnn(CC(F)(F)F)c(=O)c2CCC(C)C)cc1F. The Morgan fingerprint density at radius 2 is 1.96 bits per heavy atom. The van der Waals surface area contributed by atoms with Crippen molar-refractivity contribution in [2.24, 2.45) is 5.92 Å². The van der Waals surface area contributed by atoms with Gasteiger partial charge in [-0.3, -0.25) is 4.79 Å². The summed E-state index contributed by atoms with van der Waals surface area (Å²) < 4.78 is 52.6. The Balaban J connectivity index is 2.55. The van der Waals surface area contributed by atoms with Crippen molar-refractivity contribution in [2.45, 2.75) is 44.3 Å². The molecule has 0 bridgehead atoms. The number of rotatable bonds is 6. The Hall–Kier alpha value is -1.83. The molecule has 26 heavy (non-hydrogen) atoms. The van der Waals surface area contributed by atoms with Gasteiger partial charge in [0, 0.05) is 16.0 Å². The highest BCUT2D eigenvalue weighted by Crippen LogP contribution is 2.28. The van der Waals surface area contributed by atoms with Gasteiger partial charge in [0.15, 0.2) is 0 Å². The Morgan fingerprint density at radius 3 is 2.50 bits per heavy atom. The van der Waals surface area contributed by atoms with Crippen LogP contribution in [0.4, 0.5) is 17.6 Å². The zero-order chi connectivity index (χ0) is 19.5. The van der Waals surface area contributed by atoms with Crippen LogP contribution in [0.25, 0.3) is 11.1 Å². The predicted octanol–water partition coefficient (Wildman–Crippen LogP) is 4.92. The number of aromatic nitrogens is 2. The lowest BCUT2D eigenvalue weighted by atomic mass is 9.96. The molecule has 0 spiro atoms. The predicted molar refractivity (Wildman–Crippen MR) is 94.9 cm³/mol. The smallest absolute Gasteiger partial charge is 0.267 e. The maximum absolute atomic E-state index is 14.1. The number of alkyl halides is 3. The molecule has 3 nitrogen and oxygen atoms in total. The maximum atomic E-state index is 14.1. The molecule has 2 aromatic rings. The molecule has 1 heterocycles. The van der Waals surface area contributed by atoms with Gasteiger partial charge in [-0.15, -0.1) is 11.8 Å². The third-order valence-electron chi connectivity index (χ3n) is 3.91. The van der Waals surface area contributed by atoms with E-state index in [0.29, 0.717) is 33.5 Å².